The van der Waals surface area contributed by atoms with E-state index in [9.17, 15) is 0 Å². The van der Waals surface area contributed by atoms with Crippen molar-refractivity contribution in [1.82, 2.24) is 0 Å². The second-order valence-electron chi connectivity index (χ2n) is 1.59. The molecule has 2 nitrogen and oxygen atoms in total. The molecular formula is C6H8KNO. The van der Waals surface area contributed by atoms with Crippen molar-refractivity contribution in [2.45, 2.75) is 0 Å². The molecule has 0 spiro atoms. The summed E-state index contributed by atoms with van der Waals surface area (Å²) < 4.78 is 0. The van der Waals surface area contributed by atoms with Crippen molar-refractivity contribution in [3.63, 3.8) is 0 Å². The number of phenols is 1. The molecule has 0 saturated carbocycles. The number of nitrogen functional groups attached to an aromatic ring is 1. The normalized spacial score (nSPS) is 8.00. The Kier molecular flexibility index (Phi) is 4.52. The summed E-state index contributed by atoms with van der Waals surface area (Å²) in [5, 5.41) is 8.73. The third kappa shape index (κ3) is 3.22. The van der Waals surface area contributed by atoms with Gasteiger partial charge in [-0.2, -0.15) is 0 Å². The first kappa shape index (κ1) is 9.46. The Bertz CT molecular complexity index is 178. The van der Waals surface area contributed by atoms with E-state index in [4.69, 9.17) is 10.8 Å². The third-order valence-corrected chi connectivity index (χ3v) is 0.870. The van der Waals surface area contributed by atoms with Crippen LogP contribution >= 0.6 is 0 Å². The SMILES string of the molecule is Nc1cccc(O)c1.[H-].[K+]. The Morgan fingerprint density at radius 1 is 1.44 bits per heavy atom. The molecule has 0 heterocycles. The van der Waals surface area contributed by atoms with E-state index >= 15 is 0 Å². The Hall–Kier alpha value is 0.456. The molecule has 1 aromatic rings. The molecule has 9 heavy (non-hydrogen) atoms. The van der Waals surface area contributed by atoms with Crippen LogP contribution in [0.3, 0.4) is 0 Å². The largest absolute Gasteiger partial charge is 1.00 e. The average Bonchev–Trinajstić information content (AvgIpc) is 1.64. The maximum atomic E-state index is 8.73. The number of phenolic OH excluding ortho intramolecular Hbond substituents is 1. The number of hydrogen-bond acceptors (Lipinski definition) is 2. The van der Waals surface area contributed by atoms with Crippen LogP contribution < -0.4 is 57.1 Å². The molecule has 0 bridgehead atoms. The first-order valence-electron chi connectivity index (χ1n) is 2.33. The number of hydrogen-bond donors (Lipinski definition) is 2. The van der Waals surface area contributed by atoms with E-state index in [1.807, 2.05) is 0 Å². The maximum Gasteiger partial charge on any atom is 1.00 e. The molecule has 3 N–H and O–H groups in total. The van der Waals surface area contributed by atoms with Gasteiger partial charge in [-0.15, -0.1) is 0 Å². The van der Waals surface area contributed by atoms with Gasteiger partial charge in [0.2, 0.25) is 0 Å². The Morgan fingerprint density at radius 2 is 2.11 bits per heavy atom. The van der Waals surface area contributed by atoms with Gasteiger partial charge in [0.1, 0.15) is 5.75 Å². The van der Waals surface area contributed by atoms with Crippen LogP contribution in [-0.4, -0.2) is 5.11 Å². The van der Waals surface area contributed by atoms with Crippen LogP contribution in [0.25, 0.3) is 0 Å². The monoisotopic (exact) mass is 149 g/mol. The molecule has 0 aromatic heterocycles. The van der Waals surface area contributed by atoms with Gasteiger partial charge in [-0.1, -0.05) is 6.07 Å². The van der Waals surface area contributed by atoms with Crippen molar-refractivity contribution < 1.29 is 57.9 Å². The van der Waals surface area contributed by atoms with Gasteiger partial charge in [0.05, 0.1) is 0 Å². The zero-order valence-corrected chi connectivity index (χ0v) is 8.46. The molecule has 0 aliphatic carbocycles. The molecule has 0 fully saturated rings. The van der Waals surface area contributed by atoms with Crippen molar-refractivity contribution in [2.75, 3.05) is 5.73 Å². The van der Waals surface area contributed by atoms with Gasteiger partial charge in [-0.25, -0.2) is 0 Å². The molecule has 0 unspecified atom stereocenters. The van der Waals surface area contributed by atoms with Crippen LogP contribution in [0.5, 0.6) is 5.75 Å². The number of nitrogens with two attached hydrogens (primary N) is 1. The van der Waals surface area contributed by atoms with Gasteiger partial charge >= 0.3 is 51.4 Å². The summed E-state index contributed by atoms with van der Waals surface area (Å²) in [5.74, 6) is 0.213. The summed E-state index contributed by atoms with van der Waals surface area (Å²) in [6.07, 6.45) is 0. The minimum absolute atomic E-state index is 0. The molecule has 0 atom stereocenters. The minimum Gasteiger partial charge on any atom is -1.00 e. The average molecular weight is 149 g/mol. The first-order valence-corrected chi connectivity index (χ1v) is 2.33. The van der Waals surface area contributed by atoms with Crippen molar-refractivity contribution >= 4 is 5.69 Å². The minimum atomic E-state index is 0. The van der Waals surface area contributed by atoms with E-state index in [1.165, 1.54) is 6.07 Å². The quantitative estimate of drug-likeness (QED) is 0.334. The van der Waals surface area contributed by atoms with Gasteiger partial charge in [-0.3, -0.25) is 0 Å². The van der Waals surface area contributed by atoms with E-state index in [0.29, 0.717) is 5.69 Å². The van der Waals surface area contributed by atoms with Crippen LogP contribution in [0.2, 0.25) is 0 Å². The van der Waals surface area contributed by atoms with Gasteiger partial charge in [-0.05, 0) is 12.1 Å². The van der Waals surface area contributed by atoms with Crippen LogP contribution in [0.15, 0.2) is 24.3 Å². The summed E-state index contributed by atoms with van der Waals surface area (Å²) in [7, 11) is 0. The standard InChI is InChI=1S/C6H7NO.K.H/c7-5-2-1-3-6(8)4-5;;/h1-4,8H,7H2;;/q;+1;-1. The summed E-state index contributed by atoms with van der Waals surface area (Å²) in [5.41, 5.74) is 5.89. The molecule has 0 aliphatic rings. The van der Waals surface area contributed by atoms with Crippen molar-refractivity contribution in [1.29, 1.82) is 0 Å². The summed E-state index contributed by atoms with van der Waals surface area (Å²) >= 11 is 0. The smallest absolute Gasteiger partial charge is 1.00 e. The Balaban J connectivity index is 0. The maximum absolute atomic E-state index is 8.73. The molecular weight excluding hydrogens is 141 g/mol. The van der Waals surface area contributed by atoms with Crippen LogP contribution in [-0.2, 0) is 0 Å². The fourth-order valence-corrected chi connectivity index (χ4v) is 0.525. The topological polar surface area (TPSA) is 46.2 Å². The molecule has 3 heteroatoms. The summed E-state index contributed by atoms with van der Waals surface area (Å²) in [6.45, 7) is 0. The van der Waals surface area contributed by atoms with E-state index in [2.05, 4.69) is 0 Å². The molecule has 0 radical (unpaired) electrons. The summed E-state index contributed by atoms with van der Waals surface area (Å²) in [4.78, 5) is 0. The molecule has 0 aliphatic heterocycles. The molecule has 1 rings (SSSR count). The number of rotatable bonds is 0. The molecule has 1 aromatic carbocycles. The zero-order valence-electron chi connectivity index (χ0n) is 6.33. The zero-order chi connectivity index (χ0) is 5.98. The third-order valence-electron chi connectivity index (χ3n) is 0.870. The van der Waals surface area contributed by atoms with Crippen LogP contribution in [0, 0.1) is 0 Å². The van der Waals surface area contributed by atoms with Gasteiger partial charge in [0.15, 0.2) is 0 Å². The first-order chi connectivity index (χ1) is 3.79. The number of aromatic hydroxyl groups is 1. The van der Waals surface area contributed by atoms with E-state index in [0.717, 1.165) is 0 Å². The fourth-order valence-electron chi connectivity index (χ4n) is 0.525. The van der Waals surface area contributed by atoms with E-state index in [-0.39, 0.29) is 58.6 Å². The predicted molar refractivity (Wildman–Crippen MR) is 33.6 cm³/mol. The van der Waals surface area contributed by atoms with Gasteiger partial charge in [0.25, 0.3) is 0 Å². The van der Waals surface area contributed by atoms with Gasteiger partial charge in [0, 0.05) is 11.8 Å². The van der Waals surface area contributed by atoms with Crippen LogP contribution in [0.1, 0.15) is 1.43 Å². The van der Waals surface area contributed by atoms with Gasteiger partial charge < -0.3 is 12.3 Å². The second-order valence-corrected chi connectivity index (χ2v) is 1.59. The molecule has 0 saturated heterocycles. The fraction of sp³-hybridized carbons (Fsp3) is 0. The Labute approximate surface area is 98.0 Å². The summed E-state index contributed by atoms with van der Waals surface area (Å²) in [6, 6.07) is 6.50. The van der Waals surface area contributed by atoms with Crippen molar-refractivity contribution in [2.24, 2.45) is 0 Å². The predicted octanol–water partition coefficient (Wildman–Crippen LogP) is -1.91. The Morgan fingerprint density at radius 3 is 2.44 bits per heavy atom. The molecule has 44 valence electrons. The van der Waals surface area contributed by atoms with Crippen molar-refractivity contribution in [3.8, 4) is 5.75 Å². The van der Waals surface area contributed by atoms with Crippen LogP contribution in [0.4, 0.5) is 5.69 Å². The second kappa shape index (κ2) is 4.30. The number of anilines is 1. The van der Waals surface area contributed by atoms with E-state index < -0.39 is 0 Å². The molecule has 0 amide bonds. The number of benzene rings is 1. The van der Waals surface area contributed by atoms with Crippen molar-refractivity contribution in [3.05, 3.63) is 24.3 Å². The van der Waals surface area contributed by atoms with E-state index in [1.54, 1.807) is 18.2 Å².